The fraction of sp³-hybridized carbons (Fsp3) is 0.471. The average Bonchev–Trinajstić information content (AvgIpc) is 3.30. The summed E-state index contributed by atoms with van der Waals surface area (Å²) in [5.74, 6) is 0. The zero-order valence-electron chi connectivity index (χ0n) is 12.9. The monoisotopic (exact) mass is 317 g/mol. The molecule has 22 heavy (non-hydrogen) atoms. The van der Waals surface area contributed by atoms with Gasteiger partial charge in [0.15, 0.2) is 5.13 Å². The van der Waals surface area contributed by atoms with Crippen molar-refractivity contribution in [2.75, 3.05) is 18.6 Å². The molecule has 4 nitrogen and oxygen atoms in total. The van der Waals surface area contributed by atoms with E-state index in [-0.39, 0.29) is 12.6 Å². The van der Waals surface area contributed by atoms with E-state index in [1.807, 2.05) is 18.2 Å². The Balaban J connectivity index is 1.60. The average molecular weight is 317 g/mol. The van der Waals surface area contributed by atoms with Gasteiger partial charge in [0.05, 0.1) is 5.69 Å². The van der Waals surface area contributed by atoms with E-state index in [2.05, 4.69) is 34.8 Å². The van der Waals surface area contributed by atoms with Gasteiger partial charge in [0.25, 0.3) is 0 Å². The van der Waals surface area contributed by atoms with Crippen LogP contribution in [0.5, 0.6) is 0 Å². The molecule has 1 saturated carbocycles. The number of aliphatic hydroxyl groups excluding tert-OH is 1. The van der Waals surface area contributed by atoms with Crippen molar-refractivity contribution in [3.8, 4) is 0 Å². The van der Waals surface area contributed by atoms with Crippen molar-refractivity contribution in [3.63, 3.8) is 0 Å². The lowest BCUT2D eigenvalue weighted by Gasteiger charge is -2.18. The lowest BCUT2D eigenvalue weighted by molar-refractivity contribution is 0.265. The first kappa shape index (κ1) is 15.5. The predicted octanol–water partition coefficient (Wildman–Crippen LogP) is 2.96. The summed E-state index contributed by atoms with van der Waals surface area (Å²) >= 11 is 1.71. The lowest BCUT2D eigenvalue weighted by Crippen LogP contribution is -2.22. The van der Waals surface area contributed by atoms with Crippen LogP contribution < -0.4 is 10.2 Å². The summed E-state index contributed by atoms with van der Waals surface area (Å²) in [5.41, 5.74) is 2.29. The lowest BCUT2D eigenvalue weighted by atomic mass is 10.0. The summed E-state index contributed by atoms with van der Waals surface area (Å²) in [5, 5.41) is 16.0. The zero-order chi connectivity index (χ0) is 15.4. The van der Waals surface area contributed by atoms with Crippen LogP contribution in [-0.4, -0.2) is 29.8 Å². The summed E-state index contributed by atoms with van der Waals surface area (Å²) in [6, 6.07) is 11.1. The summed E-state index contributed by atoms with van der Waals surface area (Å²) in [6.45, 7) is 0.911. The van der Waals surface area contributed by atoms with E-state index >= 15 is 0 Å². The van der Waals surface area contributed by atoms with Crippen LogP contribution in [0.25, 0.3) is 0 Å². The van der Waals surface area contributed by atoms with Crippen LogP contribution in [0.4, 0.5) is 5.13 Å². The largest absolute Gasteiger partial charge is 0.396 e. The zero-order valence-corrected chi connectivity index (χ0v) is 13.7. The molecular weight excluding hydrogens is 294 g/mol. The van der Waals surface area contributed by atoms with Gasteiger partial charge >= 0.3 is 0 Å². The number of aromatic nitrogens is 1. The van der Waals surface area contributed by atoms with Crippen LogP contribution in [0.1, 0.15) is 36.6 Å². The first-order chi connectivity index (χ1) is 10.8. The number of rotatable bonds is 8. The number of hydrogen-bond acceptors (Lipinski definition) is 5. The minimum Gasteiger partial charge on any atom is -0.396 e. The molecule has 2 N–H and O–H groups in total. The van der Waals surface area contributed by atoms with Crippen LogP contribution >= 0.6 is 11.3 Å². The third kappa shape index (κ3) is 3.85. The molecule has 2 aromatic rings. The highest BCUT2D eigenvalue weighted by atomic mass is 32.1. The third-order valence-corrected chi connectivity index (χ3v) is 5.07. The molecule has 1 fully saturated rings. The van der Waals surface area contributed by atoms with E-state index in [0.717, 1.165) is 17.4 Å². The summed E-state index contributed by atoms with van der Waals surface area (Å²) in [4.78, 5) is 7.00. The number of nitrogens with one attached hydrogen (secondary N) is 1. The van der Waals surface area contributed by atoms with E-state index in [1.54, 1.807) is 11.3 Å². The molecule has 0 saturated heterocycles. The van der Waals surface area contributed by atoms with E-state index in [1.165, 1.54) is 18.4 Å². The van der Waals surface area contributed by atoms with Crippen molar-refractivity contribution in [1.82, 2.24) is 10.3 Å². The van der Waals surface area contributed by atoms with Gasteiger partial charge in [-0.25, -0.2) is 4.98 Å². The van der Waals surface area contributed by atoms with Gasteiger partial charge in [0.1, 0.15) is 0 Å². The number of hydrogen-bond donors (Lipinski definition) is 2. The Morgan fingerprint density at radius 3 is 2.82 bits per heavy atom. The normalized spacial score (nSPS) is 15.7. The van der Waals surface area contributed by atoms with Gasteiger partial charge in [-0.2, -0.15) is 0 Å². The van der Waals surface area contributed by atoms with Crippen molar-refractivity contribution in [2.24, 2.45) is 0 Å². The van der Waals surface area contributed by atoms with Gasteiger partial charge < -0.3 is 15.3 Å². The van der Waals surface area contributed by atoms with E-state index in [0.29, 0.717) is 12.5 Å². The van der Waals surface area contributed by atoms with Crippen LogP contribution in [0.2, 0.25) is 0 Å². The number of aliphatic hydroxyl groups is 1. The van der Waals surface area contributed by atoms with Crippen molar-refractivity contribution < 1.29 is 5.11 Å². The second-order valence-electron chi connectivity index (χ2n) is 5.82. The Kier molecular flexibility index (Phi) is 5.08. The minimum atomic E-state index is 0.164. The molecule has 1 aliphatic carbocycles. The number of nitrogens with zero attached hydrogens (tertiary/aromatic N) is 2. The van der Waals surface area contributed by atoms with E-state index in [4.69, 9.17) is 4.98 Å². The molecule has 0 spiro atoms. The molecule has 118 valence electrons. The van der Waals surface area contributed by atoms with E-state index < -0.39 is 0 Å². The fourth-order valence-corrected chi connectivity index (χ4v) is 3.45. The molecular formula is C17H23N3OS. The molecule has 3 rings (SSSR count). The highest BCUT2D eigenvalue weighted by Crippen LogP contribution is 2.32. The Morgan fingerprint density at radius 2 is 2.14 bits per heavy atom. The fourth-order valence-electron chi connectivity index (χ4n) is 2.59. The van der Waals surface area contributed by atoms with Gasteiger partial charge in [0, 0.05) is 37.7 Å². The maximum absolute atomic E-state index is 9.28. The Labute approximate surface area is 135 Å². The van der Waals surface area contributed by atoms with Gasteiger partial charge in [0.2, 0.25) is 0 Å². The van der Waals surface area contributed by atoms with E-state index in [9.17, 15) is 5.11 Å². The summed E-state index contributed by atoms with van der Waals surface area (Å²) in [7, 11) is 2.13. The van der Waals surface area contributed by atoms with Crippen molar-refractivity contribution in [3.05, 3.63) is 47.0 Å². The molecule has 0 aliphatic heterocycles. The first-order valence-electron chi connectivity index (χ1n) is 7.84. The van der Waals surface area contributed by atoms with Crippen molar-refractivity contribution >= 4 is 16.5 Å². The third-order valence-electron chi connectivity index (χ3n) is 4.09. The van der Waals surface area contributed by atoms with Crippen LogP contribution in [0, 0.1) is 0 Å². The predicted molar refractivity (Wildman–Crippen MR) is 91.3 cm³/mol. The van der Waals surface area contributed by atoms with Crippen LogP contribution in [0.15, 0.2) is 35.7 Å². The molecule has 1 unspecified atom stereocenters. The second kappa shape index (κ2) is 7.22. The van der Waals surface area contributed by atoms with Crippen molar-refractivity contribution in [2.45, 2.75) is 37.9 Å². The Hall–Kier alpha value is -1.43. The molecule has 1 aliphatic rings. The maximum Gasteiger partial charge on any atom is 0.185 e. The van der Waals surface area contributed by atoms with Gasteiger partial charge in [-0.05, 0) is 24.8 Å². The molecule has 0 radical (unpaired) electrons. The first-order valence-corrected chi connectivity index (χ1v) is 8.72. The Bertz CT molecular complexity index is 583. The number of anilines is 1. The molecule has 1 aromatic heterocycles. The van der Waals surface area contributed by atoms with Gasteiger partial charge in [-0.1, -0.05) is 30.3 Å². The molecule has 0 bridgehead atoms. The number of thiazole rings is 1. The maximum atomic E-state index is 9.28. The van der Waals surface area contributed by atoms with Gasteiger partial charge in [-0.15, -0.1) is 11.3 Å². The highest BCUT2D eigenvalue weighted by molar-refractivity contribution is 7.13. The molecule has 1 heterocycles. The standard InChI is InChI=1S/C17H23N3OS/c1-20(15-7-8-15)17-19-14(12-22-17)11-18-16(9-10-21)13-5-3-2-4-6-13/h2-6,12,15-16,18,21H,7-11H2,1H3. The van der Waals surface area contributed by atoms with Crippen LogP contribution in [0.3, 0.4) is 0 Å². The molecule has 5 heteroatoms. The van der Waals surface area contributed by atoms with Crippen LogP contribution in [-0.2, 0) is 6.54 Å². The SMILES string of the molecule is CN(c1nc(CNC(CCO)c2ccccc2)cs1)C1CC1. The minimum absolute atomic E-state index is 0.164. The molecule has 1 aromatic carbocycles. The molecule has 1 atom stereocenters. The highest BCUT2D eigenvalue weighted by Gasteiger charge is 2.27. The van der Waals surface area contributed by atoms with Crippen molar-refractivity contribution in [1.29, 1.82) is 0 Å². The topological polar surface area (TPSA) is 48.4 Å². The quantitative estimate of drug-likeness (QED) is 0.786. The summed E-state index contributed by atoms with van der Waals surface area (Å²) in [6.07, 6.45) is 3.29. The Morgan fingerprint density at radius 1 is 1.36 bits per heavy atom. The summed E-state index contributed by atoms with van der Waals surface area (Å²) < 4.78 is 0. The smallest absolute Gasteiger partial charge is 0.185 e. The molecule has 0 amide bonds. The van der Waals surface area contributed by atoms with Gasteiger partial charge in [-0.3, -0.25) is 0 Å². The second-order valence-corrected chi connectivity index (χ2v) is 6.66. The number of benzene rings is 1.